The fourth-order valence-corrected chi connectivity index (χ4v) is 3.76. The van der Waals surface area contributed by atoms with Crippen molar-refractivity contribution in [3.05, 3.63) is 0 Å². The van der Waals surface area contributed by atoms with Gasteiger partial charge in [0.15, 0.2) is 10.8 Å². The van der Waals surface area contributed by atoms with Gasteiger partial charge in [-0.25, -0.2) is 0 Å². The predicted octanol–water partition coefficient (Wildman–Crippen LogP) is 2.80. The second kappa shape index (κ2) is 4.01. The zero-order chi connectivity index (χ0) is 13.3. The van der Waals surface area contributed by atoms with Gasteiger partial charge in [0.05, 0.1) is 24.3 Å². The molecule has 0 saturated heterocycles. The van der Waals surface area contributed by atoms with Gasteiger partial charge in [0.1, 0.15) is 0 Å². The van der Waals surface area contributed by atoms with E-state index in [4.69, 9.17) is 0 Å². The van der Waals surface area contributed by atoms with Crippen LogP contribution in [-0.4, -0.2) is 0 Å². The molecule has 2 aliphatic rings. The van der Waals surface area contributed by atoms with Gasteiger partial charge in [0.2, 0.25) is 0 Å². The summed E-state index contributed by atoms with van der Waals surface area (Å²) in [4.78, 5) is 0. The van der Waals surface area contributed by atoms with Crippen molar-refractivity contribution < 1.29 is 0 Å². The van der Waals surface area contributed by atoms with Gasteiger partial charge in [-0.05, 0) is 12.8 Å². The van der Waals surface area contributed by atoms with Crippen LogP contribution in [0.25, 0.3) is 0 Å². The van der Waals surface area contributed by atoms with E-state index >= 15 is 0 Å². The van der Waals surface area contributed by atoms with Gasteiger partial charge < -0.3 is 0 Å². The number of rotatable bonds is 0. The van der Waals surface area contributed by atoms with E-state index < -0.39 is 16.2 Å². The number of nitrogens with zero attached hydrogens (tertiary/aromatic N) is 4. The highest BCUT2D eigenvalue weighted by Gasteiger charge is 2.90. The molecule has 2 aliphatic carbocycles. The van der Waals surface area contributed by atoms with E-state index in [1.165, 1.54) is 0 Å². The molecule has 1 spiro atoms. The molecule has 0 atom stereocenters. The molecule has 4 nitrogen and oxygen atoms in total. The summed E-state index contributed by atoms with van der Waals surface area (Å²) < 4.78 is 0. The molecule has 2 fully saturated rings. The van der Waals surface area contributed by atoms with Gasteiger partial charge in [-0.1, -0.05) is 32.1 Å². The molecule has 2 saturated carbocycles. The molecule has 0 radical (unpaired) electrons. The molecule has 0 aromatic heterocycles. The van der Waals surface area contributed by atoms with Crippen LogP contribution in [0.5, 0.6) is 0 Å². The van der Waals surface area contributed by atoms with Crippen LogP contribution in [0.1, 0.15) is 44.9 Å². The highest BCUT2D eigenvalue weighted by atomic mass is 14.8. The number of hydrogen-bond donors (Lipinski definition) is 0. The van der Waals surface area contributed by atoms with Crippen LogP contribution in [0.3, 0.4) is 0 Å². The van der Waals surface area contributed by atoms with Crippen LogP contribution >= 0.6 is 0 Å². The second-order valence-corrected chi connectivity index (χ2v) is 5.30. The lowest BCUT2D eigenvalue weighted by Crippen LogP contribution is -2.14. The maximum Gasteiger partial charge on any atom is 0.184 e. The van der Waals surface area contributed by atoms with Gasteiger partial charge in [-0.3, -0.25) is 0 Å². The summed E-state index contributed by atoms with van der Waals surface area (Å²) in [5, 5.41) is 37.4. The average molecular weight is 238 g/mol. The fraction of sp³-hybridized carbons (Fsp3) is 0.714. The molecule has 4 heteroatoms. The zero-order valence-electron chi connectivity index (χ0n) is 10.2. The molecular formula is C14H14N4. The van der Waals surface area contributed by atoms with Gasteiger partial charge in [-0.2, -0.15) is 21.0 Å². The van der Waals surface area contributed by atoms with Gasteiger partial charge >= 0.3 is 0 Å². The lowest BCUT2D eigenvalue weighted by molar-refractivity contribution is 0.306. The number of hydrogen-bond acceptors (Lipinski definition) is 4. The Morgan fingerprint density at radius 2 is 0.889 bits per heavy atom. The van der Waals surface area contributed by atoms with Crippen LogP contribution in [0.4, 0.5) is 0 Å². The highest BCUT2D eigenvalue weighted by Crippen LogP contribution is 2.81. The predicted molar refractivity (Wildman–Crippen MR) is 62.1 cm³/mol. The average Bonchev–Trinajstić information content (AvgIpc) is 2.90. The van der Waals surface area contributed by atoms with Crippen molar-refractivity contribution in [3.63, 3.8) is 0 Å². The minimum absolute atomic E-state index is 0.648. The topological polar surface area (TPSA) is 95.2 Å². The van der Waals surface area contributed by atoms with Crippen molar-refractivity contribution in [2.24, 2.45) is 16.2 Å². The van der Waals surface area contributed by atoms with E-state index in [1.54, 1.807) is 0 Å². The third-order valence-corrected chi connectivity index (χ3v) is 4.81. The van der Waals surface area contributed by atoms with Crippen LogP contribution < -0.4 is 0 Å². The highest BCUT2D eigenvalue weighted by molar-refractivity contribution is 5.56. The molecule has 0 bridgehead atoms. The Labute approximate surface area is 107 Å². The summed E-state index contributed by atoms with van der Waals surface area (Å²) in [5.41, 5.74) is -3.55. The van der Waals surface area contributed by atoms with Gasteiger partial charge in [-0.15, -0.1) is 0 Å². The molecule has 0 aliphatic heterocycles. The first-order valence-corrected chi connectivity index (χ1v) is 6.35. The monoisotopic (exact) mass is 238 g/mol. The number of nitriles is 4. The van der Waals surface area contributed by atoms with E-state index in [9.17, 15) is 21.0 Å². The van der Waals surface area contributed by atoms with Crippen LogP contribution in [-0.2, 0) is 0 Å². The summed E-state index contributed by atoms with van der Waals surface area (Å²) in [7, 11) is 0. The van der Waals surface area contributed by atoms with Crippen molar-refractivity contribution in [1.82, 2.24) is 0 Å². The Morgan fingerprint density at radius 3 is 1.22 bits per heavy atom. The second-order valence-electron chi connectivity index (χ2n) is 5.30. The van der Waals surface area contributed by atoms with Crippen LogP contribution in [0.2, 0.25) is 0 Å². The van der Waals surface area contributed by atoms with E-state index in [0.717, 1.165) is 32.1 Å². The molecular weight excluding hydrogens is 224 g/mol. The maximum atomic E-state index is 9.36. The van der Waals surface area contributed by atoms with Crippen molar-refractivity contribution in [3.8, 4) is 24.3 Å². The lowest BCUT2D eigenvalue weighted by Gasteiger charge is -2.20. The lowest BCUT2D eigenvalue weighted by atomic mass is 9.81. The third-order valence-electron chi connectivity index (χ3n) is 4.81. The Balaban J connectivity index is 2.50. The molecule has 0 aromatic carbocycles. The normalized spacial score (nSPS) is 26.4. The molecule has 0 amide bonds. The fourth-order valence-electron chi connectivity index (χ4n) is 3.76. The Hall–Kier alpha value is -2.04. The van der Waals surface area contributed by atoms with Crippen molar-refractivity contribution in [2.75, 3.05) is 0 Å². The largest absolute Gasteiger partial charge is 0.196 e. The SMILES string of the molecule is N#CC1(C#N)C(C#N)(C#N)C12CCCCCCC2. The zero-order valence-corrected chi connectivity index (χ0v) is 10.2. The molecule has 0 N–H and O–H groups in total. The van der Waals surface area contributed by atoms with E-state index in [2.05, 4.69) is 0 Å². The van der Waals surface area contributed by atoms with Crippen molar-refractivity contribution in [2.45, 2.75) is 44.9 Å². The smallest absolute Gasteiger partial charge is 0.184 e. The summed E-state index contributed by atoms with van der Waals surface area (Å²) in [6, 6.07) is 7.99. The molecule has 0 unspecified atom stereocenters. The maximum absolute atomic E-state index is 9.36. The molecule has 2 rings (SSSR count). The van der Waals surface area contributed by atoms with Crippen molar-refractivity contribution >= 4 is 0 Å². The summed E-state index contributed by atoms with van der Waals surface area (Å²) in [6.07, 6.45) is 6.37. The third kappa shape index (κ3) is 1.06. The molecule has 0 aromatic rings. The quantitative estimate of drug-likeness (QED) is 0.648. The first-order chi connectivity index (χ1) is 8.70. The van der Waals surface area contributed by atoms with E-state index in [0.29, 0.717) is 12.8 Å². The van der Waals surface area contributed by atoms with Crippen LogP contribution in [0, 0.1) is 61.6 Å². The molecule has 0 heterocycles. The Bertz CT molecular complexity index is 444. The first kappa shape index (κ1) is 12.4. The first-order valence-electron chi connectivity index (χ1n) is 6.35. The van der Waals surface area contributed by atoms with E-state index in [1.807, 2.05) is 24.3 Å². The summed E-state index contributed by atoms with van der Waals surface area (Å²) >= 11 is 0. The standard InChI is InChI=1S/C14H14N4/c15-8-13(9-16)12(14(13,10-17)11-18)6-4-2-1-3-5-7-12/h1-7H2. The molecule has 90 valence electrons. The Morgan fingerprint density at radius 1 is 0.556 bits per heavy atom. The van der Waals surface area contributed by atoms with Gasteiger partial charge in [0, 0.05) is 5.41 Å². The van der Waals surface area contributed by atoms with Crippen molar-refractivity contribution in [1.29, 1.82) is 21.0 Å². The minimum Gasteiger partial charge on any atom is -0.196 e. The summed E-state index contributed by atoms with van der Waals surface area (Å²) in [6.45, 7) is 0. The molecule has 18 heavy (non-hydrogen) atoms. The van der Waals surface area contributed by atoms with E-state index in [-0.39, 0.29) is 0 Å². The minimum atomic E-state index is -1.42. The Kier molecular flexibility index (Phi) is 2.77. The van der Waals surface area contributed by atoms with Gasteiger partial charge in [0.25, 0.3) is 0 Å². The van der Waals surface area contributed by atoms with Crippen LogP contribution in [0.15, 0.2) is 0 Å². The summed E-state index contributed by atoms with van der Waals surface area (Å²) in [5.74, 6) is 0.